The molecule has 0 saturated heterocycles. The van der Waals surface area contributed by atoms with Crippen molar-refractivity contribution in [2.24, 2.45) is 5.73 Å². The SMILES string of the molecule is CC(C)(C)c1cccc(OCCNC(=O)CCN)c1.Cl. The lowest BCUT2D eigenvalue weighted by Crippen LogP contribution is -2.29. The Hall–Kier alpha value is -1.26. The quantitative estimate of drug-likeness (QED) is 0.792. The predicted molar refractivity (Wildman–Crippen MR) is 84.6 cm³/mol. The molecule has 20 heavy (non-hydrogen) atoms. The number of carbonyl (C=O) groups excluding carboxylic acids is 1. The maximum absolute atomic E-state index is 11.2. The van der Waals surface area contributed by atoms with E-state index < -0.39 is 0 Å². The van der Waals surface area contributed by atoms with E-state index in [1.54, 1.807) is 0 Å². The summed E-state index contributed by atoms with van der Waals surface area (Å²) in [5.74, 6) is 0.801. The summed E-state index contributed by atoms with van der Waals surface area (Å²) in [6.45, 7) is 7.83. The minimum Gasteiger partial charge on any atom is -0.492 e. The molecule has 0 aliphatic rings. The van der Waals surface area contributed by atoms with Crippen molar-refractivity contribution in [3.05, 3.63) is 29.8 Å². The van der Waals surface area contributed by atoms with Gasteiger partial charge in [0.25, 0.3) is 0 Å². The second-order valence-corrected chi connectivity index (χ2v) is 5.51. The largest absolute Gasteiger partial charge is 0.492 e. The highest BCUT2D eigenvalue weighted by atomic mass is 35.5. The van der Waals surface area contributed by atoms with Gasteiger partial charge in [0.05, 0.1) is 6.54 Å². The van der Waals surface area contributed by atoms with E-state index in [9.17, 15) is 4.79 Å². The van der Waals surface area contributed by atoms with Crippen molar-refractivity contribution in [2.75, 3.05) is 19.7 Å². The van der Waals surface area contributed by atoms with Gasteiger partial charge in [-0.25, -0.2) is 0 Å². The van der Waals surface area contributed by atoms with Crippen molar-refractivity contribution in [3.8, 4) is 5.75 Å². The van der Waals surface area contributed by atoms with Gasteiger partial charge in [0.2, 0.25) is 5.91 Å². The third-order valence-corrected chi connectivity index (χ3v) is 2.76. The van der Waals surface area contributed by atoms with E-state index in [1.165, 1.54) is 5.56 Å². The highest BCUT2D eigenvalue weighted by Gasteiger charge is 2.13. The van der Waals surface area contributed by atoms with Crippen LogP contribution in [0, 0.1) is 0 Å². The third kappa shape index (κ3) is 6.78. The minimum absolute atomic E-state index is 0. The zero-order chi connectivity index (χ0) is 14.3. The van der Waals surface area contributed by atoms with Crippen LogP contribution < -0.4 is 15.8 Å². The molecule has 0 heterocycles. The molecule has 0 fully saturated rings. The average molecular weight is 301 g/mol. The molecular weight excluding hydrogens is 276 g/mol. The number of benzene rings is 1. The topological polar surface area (TPSA) is 64.3 Å². The molecule has 1 aromatic carbocycles. The normalized spacial score (nSPS) is 10.6. The van der Waals surface area contributed by atoms with Gasteiger partial charge in [-0.1, -0.05) is 32.9 Å². The maximum Gasteiger partial charge on any atom is 0.221 e. The first kappa shape index (κ1) is 18.7. The van der Waals surface area contributed by atoms with Crippen molar-refractivity contribution in [2.45, 2.75) is 32.6 Å². The molecule has 0 saturated carbocycles. The van der Waals surface area contributed by atoms with Crippen molar-refractivity contribution in [3.63, 3.8) is 0 Å². The molecule has 0 spiro atoms. The highest BCUT2D eigenvalue weighted by Crippen LogP contribution is 2.25. The van der Waals surface area contributed by atoms with Crippen molar-refractivity contribution in [1.82, 2.24) is 5.32 Å². The number of nitrogens with two attached hydrogens (primary N) is 1. The van der Waals surface area contributed by atoms with E-state index in [2.05, 4.69) is 32.2 Å². The predicted octanol–water partition coefficient (Wildman–Crippen LogP) is 2.25. The number of hydrogen-bond donors (Lipinski definition) is 2. The van der Waals surface area contributed by atoms with Crippen molar-refractivity contribution in [1.29, 1.82) is 0 Å². The Balaban J connectivity index is 0.00000361. The van der Waals surface area contributed by atoms with Gasteiger partial charge < -0.3 is 15.8 Å². The third-order valence-electron chi connectivity index (χ3n) is 2.76. The molecule has 5 heteroatoms. The van der Waals surface area contributed by atoms with Gasteiger partial charge in [0.1, 0.15) is 12.4 Å². The second-order valence-electron chi connectivity index (χ2n) is 5.51. The summed E-state index contributed by atoms with van der Waals surface area (Å²) < 4.78 is 5.62. The second kappa shape index (κ2) is 8.82. The Morgan fingerprint density at radius 2 is 2.05 bits per heavy atom. The lowest BCUT2D eigenvalue weighted by molar-refractivity contribution is -0.120. The van der Waals surface area contributed by atoms with E-state index >= 15 is 0 Å². The summed E-state index contributed by atoms with van der Waals surface area (Å²) in [7, 11) is 0. The van der Waals surface area contributed by atoms with Crippen LogP contribution in [0.15, 0.2) is 24.3 Å². The van der Waals surface area contributed by atoms with Gasteiger partial charge in [-0.3, -0.25) is 4.79 Å². The number of hydrogen-bond acceptors (Lipinski definition) is 3. The molecule has 114 valence electrons. The Labute approximate surface area is 127 Å². The van der Waals surface area contributed by atoms with Crippen molar-refractivity contribution >= 4 is 18.3 Å². The highest BCUT2D eigenvalue weighted by molar-refractivity contribution is 5.85. The molecule has 0 atom stereocenters. The Bertz CT molecular complexity index is 417. The van der Waals surface area contributed by atoms with E-state index in [4.69, 9.17) is 10.5 Å². The number of ether oxygens (including phenoxy) is 1. The van der Waals surface area contributed by atoms with E-state index in [0.717, 1.165) is 5.75 Å². The van der Waals surface area contributed by atoms with Crippen molar-refractivity contribution < 1.29 is 9.53 Å². The smallest absolute Gasteiger partial charge is 0.221 e. The number of rotatable bonds is 6. The van der Waals surface area contributed by atoms with Gasteiger partial charge in [-0.15, -0.1) is 12.4 Å². The maximum atomic E-state index is 11.2. The van der Waals surface area contributed by atoms with Crippen LogP contribution in [0.25, 0.3) is 0 Å². The standard InChI is InChI=1S/C15H24N2O2.ClH/c1-15(2,3)12-5-4-6-13(11-12)19-10-9-17-14(18)7-8-16;/h4-6,11H,7-10,16H2,1-3H3,(H,17,18);1H. The molecule has 3 N–H and O–H groups in total. The van der Waals surface area contributed by atoms with E-state index in [0.29, 0.717) is 26.1 Å². The lowest BCUT2D eigenvalue weighted by Gasteiger charge is -2.19. The fraction of sp³-hybridized carbons (Fsp3) is 0.533. The Kier molecular flexibility index (Phi) is 8.26. The summed E-state index contributed by atoms with van der Waals surface area (Å²) in [4.78, 5) is 11.2. The molecule has 0 aliphatic heterocycles. The minimum atomic E-state index is -0.0328. The van der Waals surface area contributed by atoms with Crippen LogP contribution >= 0.6 is 12.4 Å². The van der Waals surface area contributed by atoms with Gasteiger partial charge in [-0.05, 0) is 23.1 Å². The van der Waals surface area contributed by atoms with Crippen LogP contribution in [0.4, 0.5) is 0 Å². The number of halogens is 1. The molecule has 1 amide bonds. The summed E-state index contributed by atoms with van der Waals surface area (Å²) in [5, 5.41) is 2.75. The first-order valence-corrected chi connectivity index (χ1v) is 6.63. The Morgan fingerprint density at radius 3 is 2.65 bits per heavy atom. The van der Waals surface area contributed by atoms with E-state index in [-0.39, 0.29) is 23.7 Å². The van der Waals surface area contributed by atoms with Gasteiger partial charge in [0, 0.05) is 13.0 Å². The van der Waals surface area contributed by atoms with Crippen LogP contribution in [0.1, 0.15) is 32.8 Å². The van der Waals surface area contributed by atoms with Crippen LogP contribution in [0.2, 0.25) is 0 Å². The molecule has 1 rings (SSSR count). The molecule has 0 aromatic heterocycles. The van der Waals surface area contributed by atoms with Crippen LogP contribution in [-0.2, 0) is 10.2 Å². The molecule has 0 aliphatic carbocycles. The van der Waals surface area contributed by atoms with Crippen LogP contribution in [0.5, 0.6) is 5.75 Å². The fourth-order valence-corrected chi connectivity index (χ4v) is 1.63. The molecule has 4 nitrogen and oxygen atoms in total. The monoisotopic (exact) mass is 300 g/mol. The van der Waals surface area contributed by atoms with Gasteiger partial charge >= 0.3 is 0 Å². The zero-order valence-corrected chi connectivity index (χ0v) is 13.3. The Morgan fingerprint density at radius 1 is 1.35 bits per heavy atom. The summed E-state index contributed by atoms with van der Waals surface area (Å²) >= 11 is 0. The molecule has 1 aromatic rings. The summed E-state index contributed by atoms with van der Waals surface area (Å²) in [6, 6.07) is 8.05. The number of carbonyl (C=O) groups is 1. The number of amides is 1. The van der Waals surface area contributed by atoms with E-state index in [1.807, 2.05) is 18.2 Å². The van der Waals surface area contributed by atoms with Crippen LogP contribution in [0.3, 0.4) is 0 Å². The van der Waals surface area contributed by atoms with Gasteiger partial charge in [-0.2, -0.15) is 0 Å². The number of nitrogens with one attached hydrogen (secondary N) is 1. The molecule has 0 radical (unpaired) electrons. The molecule has 0 bridgehead atoms. The zero-order valence-electron chi connectivity index (χ0n) is 12.4. The fourth-order valence-electron chi connectivity index (χ4n) is 1.63. The first-order valence-electron chi connectivity index (χ1n) is 6.63. The van der Waals surface area contributed by atoms with Crippen LogP contribution in [-0.4, -0.2) is 25.6 Å². The molecule has 0 unspecified atom stereocenters. The van der Waals surface area contributed by atoms with Gasteiger partial charge in [0.15, 0.2) is 0 Å². The first-order chi connectivity index (χ1) is 8.93. The average Bonchev–Trinajstić information content (AvgIpc) is 2.34. The lowest BCUT2D eigenvalue weighted by atomic mass is 9.87. The summed E-state index contributed by atoms with van der Waals surface area (Å²) in [6.07, 6.45) is 0.361. The summed E-state index contributed by atoms with van der Waals surface area (Å²) in [5.41, 5.74) is 6.63. The molecular formula is C15H25ClN2O2.